The Labute approximate surface area is 120 Å². The zero-order valence-corrected chi connectivity index (χ0v) is 12.2. The van der Waals surface area contributed by atoms with Crippen LogP contribution in [-0.4, -0.2) is 30.6 Å². The number of hydrogen-bond donors (Lipinski definition) is 2. The minimum atomic E-state index is 0.738. The zero-order chi connectivity index (χ0) is 14.4. The van der Waals surface area contributed by atoms with E-state index >= 15 is 0 Å². The summed E-state index contributed by atoms with van der Waals surface area (Å²) in [6.07, 6.45) is 4.51. The number of nitrogens with zero attached hydrogens (tertiary/aromatic N) is 3. The molecule has 0 bridgehead atoms. The van der Waals surface area contributed by atoms with Crippen molar-refractivity contribution in [3.8, 4) is 0 Å². The van der Waals surface area contributed by atoms with Gasteiger partial charge in [0.05, 0.1) is 12.4 Å². The van der Waals surface area contributed by atoms with Gasteiger partial charge in [0.25, 0.3) is 0 Å². The Kier molecular flexibility index (Phi) is 4.76. The van der Waals surface area contributed by atoms with E-state index in [-0.39, 0.29) is 0 Å². The Morgan fingerprint density at radius 2 is 1.95 bits per heavy atom. The molecule has 0 aliphatic rings. The Bertz CT molecular complexity index is 553. The van der Waals surface area contributed by atoms with Crippen LogP contribution in [0.1, 0.15) is 13.3 Å². The summed E-state index contributed by atoms with van der Waals surface area (Å²) >= 11 is 0. The lowest BCUT2D eigenvalue weighted by Gasteiger charge is -2.14. The number of anilines is 4. The number of hydrogen-bond acceptors (Lipinski definition) is 5. The molecule has 0 radical (unpaired) electrons. The van der Waals surface area contributed by atoms with Crippen molar-refractivity contribution in [3.05, 3.63) is 36.7 Å². The van der Waals surface area contributed by atoms with Gasteiger partial charge in [-0.15, -0.1) is 0 Å². The van der Waals surface area contributed by atoms with E-state index in [1.165, 1.54) is 0 Å². The van der Waals surface area contributed by atoms with Crippen molar-refractivity contribution in [2.24, 2.45) is 0 Å². The van der Waals surface area contributed by atoms with Crippen LogP contribution in [0.2, 0.25) is 0 Å². The normalized spacial score (nSPS) is 10.2. The van der Waals surface area contributed by atoms with E-state index in [9.17, 15) is 0 Å². The van der Waals surface area contributed by atoms with Crippen LogP contribution >= 0.6 is 0 Å². The molecule has 1 aromatic heterocycles. The first-order chi connectivity index (χ1) is 9.69. The van der Waals surface area contributed by atoms with Gasteiger partial charge in [-0.2, -0.15) is 0 Å². The molecule has 0 saturated heterocycles. The van der Waals surface area contributed by atoms with Crippen LogP contribution in [0, 0.1) is 0 Å². The highest BCUT2D eigenvalue weighted by molar-refractivity contribution is 5.63. The van der Waals surface area contributed by atoms with Crippen molar-refractivity contribution >= 4 is 23.0 Å². The molecule has 0 aliphatic carbocycles. The Morgan fingerprint density at radius 1 is 1.15 bits per heavy atom. The first-order valence-electron chi connectivity index (χ1n) is 6.79. The van der Waals surface area contributed by atoms with Crippen LogP contribution in [-0.2, 0) is 0 Å². The highest BCUT2D eigenvalue weighted by Gasteiger charge is 2.01. The standard InChI is InChI=1S/C15H21N5/c1-4-8-17-14-10-16-11-15(19-14)18-12-6-5-7-13(9-12)20(2)3/h5-7,9-11H,4,8H2,1-3H3,(H2,17,18,19). The van der Waals surface area contributed by atoms with Gasteiger partial charge in [0.2, 0.25) is 0 Å². The number of benzene rings is 1. The smallest absolute Gasteiger partial charge is 0.151 e. The van der Waals surface area contributed by atoms with Crippen molar-refractivity contribution in [3.63, 3.8) is 0 Å². The van der Waals surface area contributed by atoms with Crippen molar-refractivity contribution in [1.29, 1.82) is 0 Å². The first-order valence-corrected chi connectivity index (χ1v) is 6.79. The van der Waals surface area contributed by atoms with Crippen LogP contribution in [0.25, 0.3) is 0 Å². The van der Waals surface area contributed by atoms with Gasteiger partial charge < -0.3 is 15.5 Å². The molecular formula is C15H21N5. The summed E-state index contributed by atoms with van der Waals surface area (Å²) in [5.41, 5.74) is 2.14. The molecule has 5 heteroatoms. The predicted octanol–water partition coefficient (Wildman–Crippen LogP) is 3.11. The molecule has 1 heterocycles. The summed E-state index contributed by atoms with van der Waals surface area (Å²) in [6, 6.07) is 8.18. The summed E-state index contributed by atoms with van der Waals surface area (Å²) in [7, 11) is 4.04. The molecule has 0 atom stereocenters. The van der Waals surface area contributed by atoms with Crippen LogP contribution in [0.4, 0.5) is 23.0 Å². The molecule has 20 heavy (non-hydrogen) atoms. The lowest BCUT2D eigenvalue weighted by atomic mass is 10.2. The van der Waals surface area contributed by atoms with Gasteiger partial charge in [-0.1, -0.05) is 13.0 Å². The predicted molar refractivity (Wildman–Crippen MR) is 84.9 cm³/mol. The quantitative estimate of drug-likeness (QED) is 0.845. The molecule has 0 unspecified atom stereocenters. The number of rotatable bonds is 6. The molecular weight excluding hydrogens is 250 g/mol. The Morgan fingerprint density at radius 3 is 2.70 bits per heavy atom. The lowest BCUT2D eigenvalue weighted by Crippen LogP contribution is -2.08. The molecule has 0 amide bonds. The minimum Gasteiger partial charge on any atom is -0.378 e. The van der Waals surface area contributed by atoms with E-state index in [0.29, 0.717) is 0 Å². The Hall–Kier alpha value is -2.30. The van der Waals surface area contributed by atoms with Gasteiger partial charge in [-0.25, -0.2) is 4.98 Å². The van der Waals surface area contributed by atoms with E-state index < -0.39 is 0 Å². The second-order valence-electron chi connectivity index (χ2n) is 4.79. The summed E-state index contributed by atoms with van der Waals surface area (Å²) in [4.78, 5) is 10.7. The fraction of sp³-hybridized carbons (Fsp3) is 0.333. The van der Waals surface area contributed by atoms with Crippen molar-refractivity contribution < 1.29 is 0 Å². The van der Waals surface area contributed by atoms with Crippen molar-refractivity contribution in [2.45, 2.75) is 13.3 Å². The van der Waals surface area contributed by atoms with Crippen LogP contribution < -0.4 is 15.5 Å². The monoisotopic (exact) mass is 271 g/mol. The highest BCUT2D eigenvalue weighted by Crippen LogP contribution is 2.20. The van der Waals surface area contributed by atoms with Gasteiger partial charge in [0, 0.05) is 32.0 Å². The van der Waals surface area contributed by atoms with Gasteiger partial charge in [0.1, 0.15) is 5.82 Å². The average Bonchev–Trinajstić information content (AvgIpc) is 2.46. The zero-order valence-electron chi connectivity index (χ0n) is 12.2. The molecule has 5 nitrogen and oxygen atoms in total. The largest absolute Gasteiger partial charge is 0.378 e. The molecule has 2 rings (SSSR count). The number of nitrogens with one attached hydrogen (secondary N) is 2. The summed E-state index contributed by atoms with van der Waals surface area (Å²) in [6.45, 7) is 3.02. The Balaban J connectivity index is 2.11. The van der Waals surface area contributed by atoms with E-state index in [0.717, 1.165) is 36.0 Å². The molecule has 0 saturated carbocycles. The lowest BCUT2D eigenvalue weighted by molar-refractivity contribution is 0.965. The molecule has 2 N–H and O–H groups in total. The molecule has 0 spiro atoms. The maximum absolute atomic E-state index is 4.48. The van der Waals surface area contributed by atoms with Crippen LogP contribution in [0.15, 0.2) is 36.7 Å². The van der Waals surface area contributed by atoms with Gasteiger partial charge >= 0.3 is 0 Å². The minimum absolute atomic E-state index is 0.738. The highest BCUT2D eigenvalue weighted by atomic mass is 15.1. The van der Waals surface area contributed by atoms with Crippen LogP contribution in [0.5, 0.6) is 0 Å². The molecule has 0 fully saturated rings. The fourth-order valence-electron chi connectivity index (χ4n) is 1.77. The average molecular weight is 271 g/mol. The van der Waals surface area contributed by atoms with Crippen molar-refractivity contribution in [2.75, 3.05) is 36.2 Å². The van der Waals surface area contributed by atoms with E-state index in [2.05, 4.69) is 44.6 Å². The second kappa shape index (κ2) is 6.75. The SMILES string of the molecule is CCCNc1cncc(Nc2cccc(N(C)C)c2)n1. The van der Waals surface area contributed by atoms with E-state index in [1.807, 2.05) is 26.2 Å². The van der Waals surface area contributed by atoms with Crippen LogP contribution in [0.3, 0.4) is 0 Å². The van der Waals surface area contributed by atoms with E-state index in [4.69, 9.17) is 0 Å². The molecule has 0 aliphatic heterocycles. The summed E-state index contributed by atoms with van der Waals surface area (Å²) in [5, 5.41) is 6.50. The topological polar surface area (TPSA) is 53.1 Å². The third-order valence-electron chi connectivity index (χ3n) is 2.83. The fourth-order valence-corrected chi connectivity index (χ4v) is 1.77. The van der Waals surface area contributed by atoms with E-state index in [1.54, 1.807) is 12.4 Å². The number of aromatic nitrogens is 2. The van der Waals surface area contributed by atoms with Gasteiger partial charge in [-0.3, -0.25) is 4.98 Å². The summed E-state index contributed by atoms with van der Waals surface area (Å²) < 4.78 is 0. The first kappa shape index (κ1) is 14.1. The third-order valence-corrected chi connectivity index (χ3v) is 2.83. The summed E-state index contributed by atoms with van der Waals surface area (Å²) in [5.74, 6) is 1.53. The maximum atomic E-state index is 4.48. The third kappa shape index (κ3) is 3.85. The maximum Gasteiger partial charge on any atom is 0.151 e. The molecule has 2 aromatic rings. The van der Waals surface area contributed by atoms with Gasteiger partial charge in [0.15, 0.2) is 5.82 Å². The molecule has 1 aromatic carbocycles. The van der Waals surface area contributed by atoms with Gasteiger partial charge in [-0.05, 0) is 24.6 Å². The molecule has 106 valence electrons. The van der Waals surface area contributed by atoms with Crippen molar-refractivity contribution in [1.82, 2.24) is 9.97 Å². The second-order valence-corrected chi connectivity index (χ2v) is 4.79.